The highest BCUT2D eigenvalue weighted by Gasteiger charge is 2.18. The van der Waals surface area contributed by atoms with Crippen molar-refractivity contribution in [2.45, 2.75) is 26.8 Å². The fourth-order valence-corrected chi connectivity index (χ4v) is 3.89. The van der Waals surface area contributed by atoms with Crippen LogP contribution in [0.3, 0.4) is 0 Å². The molecule has 0 spiro atoms. The second kappa shape index (κ2) is 7.47. The SMILES string of the molecule is Cc1cc(C(=O)COC(=O)Cc2cn3ccsc3n2)c(C)n1Cc1ccco1. The monoisotopic (exact) mass is 397 g/mol. The van der Waals surface area contributed by atoms with Crippen LogP contribution >= 0.6 is 11.3 Å². The van der Waals surface area contributed by atoms with E-state index >= 15 is 0 Å². The van der Waals surface area contributed by atoms with Crippen molar-refractivity contribution in [2.75, 3.05) is 6.61 Å². The number of ketones is 1. The Labute approximate surface area is 165 Å². The molecule has 7 nitrogen and oxygen atoms in total. The van der Waals surface area contributed by atoms with Crippen LogP contribution in [0.1, 0.15) is 33.2 Å². The van der Waals surface area contributed by atoms with E-state index in [9.17, 15) is 9.59 Å². The lowest BCUT2D eigenvalue weighted by Gasteiger charge is -2.08. The van der Waals surface area contributed by atoms with Crippen molar-refractivity contribution >= 4 is 28.1 Å². The Hall–Kier alpha value is -3.13. The van der Waals surface area contributed by atoms with Gasteiger partial charge in [0.05, 0.1) is 24.9 Å². The van der Waals surface area contributed by atoms with Gasteiger partial charge < -0.3 is 13.7 Å². The zero-order valence-corrected chi connectivity index (χ0v) is 16.4. The summed E-state index contributed by atoms with van der Waals surface area (Å²) in [6.07, 6.45) is 5.33. The number of furan rings is 1. The van der Waals surface area contributed by atoms with E-state index in [0.717, 1.165) is 22.1 Å². The second-order valence-corrected chi connectivity index (χ2v) is 7.41. The number of imidazole rings is 1. The standard InChI is InChI=1S/C20H19N3O4S/c1-13-8-17(14(2)23(13)11-16-4-3-6-26-16)18(24)12-27-19(25)9-15-10-22-5-7-28-20(22)21-15/h3-8,10H,9,11-12H2,1-2H3. The maximum Gasteiger partial charge on any atom is 0.312 e. The summed E-state index contributed by atoms with van der Waals surface area (Å²) in [4.78, 5) is 29.8. The minimum Gasteiger partial charge on any atom is -0.467 e. The van der Waals surface area contributed by atoms with Crippen LogP contribution in [0.25, 0.3) is 4.96 Å². The van der Waals surface area contributed by atoms with Crippen molar-refractivity contribution < 1.29 is 18.7 Å². The molecule has 144 valence electrons. The number of ether oxygens (including phenoxy) is 1. The second-order valence-electron chi connectivity index (χ2n) is 6.54. The number of hydrogen-bond donors (Lipinski definition) is 0. The van der Waals surface area contributed by atoms with E-state index in [1.54, 1.807) is 12.5 Å². The minimum absolute atomic E-state index is 0.0409. The van der Waals surface area contributed by atoms with Crippen LogP contribution in [0.2, 0.25) is 0 Å². The minimum atomic E-state index is -0.469. The number of fused-ring (bicyclic) bond motifs is 1. The molecule has 28 heavy (non-hydrogen) atoms. The van der Waals surface area contributed by atoms with Gasteiger partial charge in [0.25, 0.3) is 0 Å². The number of esters is 1. The molecular weight excluding hydrogens is 378 g/mol. The number of nitrogens with zero attached hydrogens (tertiary/aromatic N) is 3. The molecule has 0 aromatic carbocycles. The number of carbonyl (C=O) groups is 2. The first-order chi connectivity index (χ1) is 13.5. The number of hydrogen-bond acceptors (Lipinski definition) is 6. The van der Waals surface area contributed by atoms with E-state index in [4.69, 9.17) is 9.15 Å². The van der Waals surface area contributed by atoms with Crippen LogP contribution in [-0.2, 0) is 22.5 Å². The molecule has 0 aliphatic heterocycles. The largest absolute Gasteiger partial charge is 0.467 e. The molecule has 4 aromatic rings. The highest BCUT2D eigenvalue weighted by molar-refractivity contribution is 7.15. The number of Topliss-reactive ketones (excluding diaryl/α,β-unsaturated/α-hetero) is 1. The molecule has 4 rings (SSSR count). The van der Waals surface area contributed by atoms with Crippen LogP contribution in [0.15, 0.2) is 46.7 Å². The molecule has 4 aromatic heterocycles. The first-order valence-electron chi connectivity index (χ1n) is 8.80. The van der Waals surface area contributed by atoms with E-state index in [1.807, 2.05) is 52.6 Å². The average Bonchev–Trinajstić information content (AvgIpc) is 3.42. The van der Waals surface area contributed by atoms with Gasteiger partial charge in [-0.2, -0.15) is 0 Å². The predicted octanol–water partition coefficient (Wildman–Crippen LogP) is 3.42. The van der Waals surface area contributed by atoms with Crippen LogP contribution in [0.5, 0.6) is 0 Å². The molecule has 0 saturated carbocycles. The molecule has 0 bridgehead atoms. The third-order valence-electron chi connectivity index (χ3n) is 4.60. The van der Waals surface area contributed by atoms with E-state index in [-0.39, 0.29) is 18.8 Å². The van der Waals surface area contributed by atoms with Gasteiger partial charge in [-0.1, -0.05) is 0 Å². The summed E-state index contributed by atoms with van der Waals surface area (Å²) < 4.78 is 14.4. The Morgan fingerprint density at radius 3 is 2.93 bits per heavy atom. The molecule has 8 heteroatoms. The van der Waals surface area contributed by atoms with Gasteiger partial charge in [-0.25, -0.2) is 4.98 Å². The molecule has 0 unspecified atom stereocenters. The third-order valence-corrected chi connectivity index (χ3v) is 5.37. The van der Waals surface area contributed by atoms with Crippen LogP contribution in [-0.4, -0.2) is 32.3 Å². The van der Waals surface area contributed by atoms with Gasteiger partial charge in [0.15, 0.2) is 11.6 Å². The van der Waals surface area contributed by atoms with E-state index < -0.39 is 5.97 Å². The lowest BCUT2D eigenvalue weighted by atomic mass is 10.1. The van der Waals surface area contributed by atoms with E-state index in [0.29, 0.717) is 17.8 Å². The van der Waals surface area contributed by atoms with Gasteiger partial charge >= 0.3 is 5.97 Å². The van der Waals surface area contributed by atoms with Crippen molar-refractivity contribution in [3.8, 4) is 0 Å². The van der Waals surface area contributed by atoms with Crippen molar-refractivity contribution in [1.82, 2.24) is 14.0 Å². The zero-order chi connectivity index (χ0) is 19.7. The van der Waals surface area contributed by atoms with Crippen molar-refractivity contribution in [3.05, 3.63) is 70.6 Å². The Bertz CT molecular complexity index is 1110. The molecule has 0 N–H and O–H groups in total. The lowest BCUT2D eigenvalue weighted by molar-refractivity contribution is -0.141. The highest BCUT2D eigenvalue weighted by atomic mass is 32.1. The first kappa shape index (κ1) is 18.2. The average molecular weight is 397 g/mol. The maximum atomic E-state index is 12.6. The fourth-order valence-electron chi connectivity index (χ4n) is 3.17. The molecule has 0 saturated heterocycles. The number of aryl methyl sites for hydroxylation is 1. The van der Waals surface area contributed by atoms with Crippen molar-refractivity contribution in [1.29, 1.82) is 0 Å². The number of carbonyl (C=O) groups excluding carboxylic acids is 2. The summed E-state index contributed by atoms with van der Waals surface area (Å²) in [6, 6.07) is 5.54. The molecule has 0 atom stereocenters. The molecule has 0 radical (unpaired) electrons. The van der Waals surface area contributed by atoms with E-state index in [2.05, 4.69) is 4.98 Å². The summed E-state index contributed by atoms with van der Waals surface area (Å²) in [5, 5.41) is 1.92. The molecule has 0 amide bonds. The van der Waals surface area contributed by atoms with Crippen LogP contribution in [0.4, 0.5) is 0 Å². The van der Waals surface area contributed by atoms with Gasteiger partial charge in [-0.3, -0.25) is 14.0 Å². The van der Waals surface area contributed by atoms with Crippen molar-refractivity contribution in [3.63, 3.8) is 0 Å². The number of thiazole rings is 1. The molecule has 0 aliphatic carbocycles. The number of aromatic nitrogens is 3. The summed E-state index contributed by atoms with van der Waals surface area (Å²) in [7, 11) is 0. The predicted molar refractivity (Wildman–Crippen MR) is 104 cm³/mol. The Morgan fingerprint density at radius 1 is 1.32 bits per heavy atom. The Kier molecular flexibility index (Phi) is 4.87. The lowest BCUT2D eigenvalue weighted by Crippen LogP contribution is -2.16. The van der Waals surface area contributed by atoms with Crippen molar-refractivity contribution in [2.24, 2.45) is 0 Å². The summed E-state index contributed by atoms with van der Waals surface area (Å²) in [5.41, 5.74) is 2.95. The normalized spacial score (nSPS) is 11.2. The van der Waals surface area contributed by atoms with E-state index in [1.165, 1.54) is 11.3 Å². The third kappa shape index (κ3) is 3.63. The summed E-state index contributed by atoms with van der Waals surface area (Å²) in [6.45, 7) is 4.08. The quantitative estimate of drug-likeness (QED) is 0.353. The molecule has 4 heterocycles. The van der Waals surface area contributed by atoms with Gasteiger partial charge in [-0.05, 0) is 32.0 Å². The van der Waals surface area contributed by atoms with Gasteiger partial charge in [0.1, 0.15) is 5.76 Å². The molecule has 0 fully saturated rings. The Balaban J connectivity index is 1.38. The number of rotatable bonds is 7. The maximum absolute atomic E-state index is 12.6. The molecule has 0 aliphatic rings. The molecular formula is C20H19N3O4S. The smallest absolute Gasteiger partial charge is 0.312 e. The van der Waals surface area contributed by atoms with Crippen LogP contribution in [0, 0.1) is 13.8 Å². The topological polar surface area (TPSA) is 78.7 Å². The van der Waals surface area contributed by atoms with Gasteiger partial charge in [0.2, 0.25) is 5.78 Å². The van der Waals surface area contributed by atoms with Gasteiger partial charge in [0, 0.05) is 34.7 Å². The van der Waals surface area contributed by atoms with Crippen LogP contribution < -0.4 is 0 Å². The summed E-state index contributed by atoms with van der Waals surface area (Å²) in [5.74, 6) is 0.119. The highest BCUT2D eigenvalue weighted by Crippen LogP contribution is 2.18. The Morgan fingerprint density at radius 2 is 2.18 bits per heavy atom. The first-order valence-corrected chi connectivity index (χ1v) is 9.68. The van der Waals surface area contributed by atoms with Gasteiger partial charge in [-0.15, -0.1) is 11.3 Å². The fraction of sp³-hybridized carbons (Fsp3) is 0.250. The zero-order valence-electron chi connectivity index (χ0n) is 15.5. The summed E-state index contributed by atoms with van der Waals surface area (Å²) >= 11 is 1.49.